The van der Waals surface area contributed by atoms with Crippen molar-refractivity contribution in [1.82, 2.24) is 29.8 Å². The molecule has 31 heavy (non-hydrogen) atoms. The molecule has 0 aliphatic heterocycles. The molecule has 2 aromatic heterocycles. The molecular formula is C24H28N6O. The molecule has 0 aliphatic carbocycles. The summed E-state index contributed by atoms with van der Waals surface area (Å²) in [5.41, 5.74) is 5.20. The fraction of sp³-hybridized carbons (Fsp3) is 0.333. The average Bonchev–Trinajstić information content (AvgIpc) is 3.42. The van der Waals surface area contributed by atoms with Gasteiger partial charge in [0, 0.05) is 23.5 Å². The Morgan fingerprint density at radius 3 is 2.55 bits per heavy atom. The first-order chi connectivity index (χ1) is 15.1. The first kappa shape index (κ1) is 20.8. The Hall–Kier alpha value is -3.48. The lowest BCUT2D eigenvalue weighted by Gasteiger charge is -2.12. The van der Waals surface area contributed by atoms with E-state index in [1.54, 1.807) is 0 Å². The van der Waals surface area contributed by atoms with Gasteiger partial charge in [0.25, 0.3) is 0 Å². The number of H-pyrrole nitrogens is 1. The Morgan fingerprint density at radius 2 is 1.87 bits per heavy atom. The van der Waals surface area contributed by atoms with Gasteiger partial charge in [-0.05, 0) is 59.9 Å². The molecular weight excluding hydrogens is 388 g/mol. The highest BCUT2D eigenvalue weighted by Gasteiger charge is 2.16. The molecule has 4 aromatic rings. The summed E-state index contributed by atoms with van der Waals surface area (Å²) in [6.07, 6.45) is 5.06. The predicted octanol–water partition coefficient (Wildman–Crippen LogP) is 4.47. The van der Waals surface area contributed by atoms with Crippen molar-refractivity contribution in [1.29, 1.82) is 0 Å². The molecule has 2 heterocycles. The zero-order valence-electron chi connectivity index (χ0n) is 18.2. The number of nitrogens with zero attached hydrogens (tertiary/aromatic N) is 5. The summed E-state index contributed by atoms with van der Waals surface area (Å²) in [4.78, 5) is 13.1. The average molecular weight is 417 g/mol. The Kier molecular flexibility index (Phi) is 6.11. The molecule has 7 heteroatoms. The Labute approximate surface area is 181 Å². The summed E-state index contributed by atoms with van der Waals surface area (Å²) >= 11 is 0. The molecule has 0 amide bonds. The van der Waals surface area contributed by atoms with Crippen LogP contribution in [0.1, 0.15) is 50.9 Å². The molecule has 160 valence electrons. The second-order valence-corrected chi connectivity index (χ2v) is 8.09. The summed E-state index contributed by atoms with van der Waals surface area (Å²) in [5, 5.41) is 14.5. The first-order valence-electron chi connectivity index (χ1n) is 10.8. The molecule has 0 unspecified atom stereocenters. The first-order valence-corrected chi connectivity index (χ1v) is 10.8. The van der Waals surface area contributed by atoms with Crippen molar-refractivity contribution in [2.45, 2.75) is 52.6 Å². The minimum Gasteiger partial charge on any atom is -0.296 e. The topological polar surface area (TPSA) is 81.4 Å². The normalized spacial score (nSPS) is 11.4. The van der Waals surface area contributed by atoms with Crippen molar-refractivity contribution in [3.8, 4) is 22.5 Å². The second kappa shape index (κ2) is 9.12. The number of aromatic amines is 1. The number of imidazole rings is 1. The Morgan fingerprint density at radius 1 is 1.06 bits per heavy atom. The molecule has 4 rings (SSSR count). The number of rotatable bonds is 8. The van der Waals surface area contributed by atoms with Crippen LogP contribution in [0.4, 0.5) is 0 Å². The standard InChI is InChI=1S/C24H28N6O/c1-4-5-11-20-16-29(17(2)3)24(31)30(20)15-18-12-13-21(19-9-7-6-8-10-19)22(14-18)23-25-27-28-26-23/h6-10,12-14,16-17H,4-5,11,15H2,1-3H3,(H,25,26,27,28). The second-order valence-electron chi connectivity index (χ2n) is 8.09. The molecule has 0 aliphatic rings. The number of hydrogen-bond donors (Lipinski definition) is 1. The van der Waals surface area contributed by atoms with Gasteiger partial charge in [0.1, 0.15) is 0 Å². The van der Waals surface area contributed by atoms with Crippen LogP contribution in [0.25, 0.3) is 22.5 Å². The van der Waals surface area contributed by atoms with E-state index in [2.05, 4.69) is 57.9 Å². The maximum Gasteiger partial charge on any atom is 0.328 e. The molecule has 0 fully saturated rings. The molecule has 2 aromatic carbocycles. The van der Waals surface area contributed by atoms with Gasteiger partial charge < -0.3 is 0 Å². The van der Waals surface area contributed by atoms with E-state index in [1.165, 1.54) is 0 Å². The smallest absolute Gasteiger partial charge is 0.296 e. The quantitative estimate of drug-likeness (QED) is 0.459. The molecule has 0 bridgehead atoms. The van der Waals surface area contributed by atoms with Crippen LogP contribution in [0, 0.1) is 0 Å². The van der Waals surface area contributed by atoms with Crippen LogP contribution in [0.15, 0.2) is 59.5 Å². The zero-order valence-corrected chi connectivity index (χ0v) is 18.2. The Bertz CT molecular complexity index is 1190. The highest BCUT2D eigenvalue weighted by Crippen LogP contribution is 2.31. The van der Waals surface area contributed by atoms with Gasteiger partial charge in [-0.2, -0.15) is 0 Å². The minimum absolute atomic E-state index is 0.0381. The maximum absolute atomic E-state index is 13.1. The number of aromatic nitrogens is 6. The van der Waals surface area contributed by atoms with Crippen molar-refractivity contribution >= 4 is 0 Å². The lowest BCUT2D eigenvalue weighted by Crippen LogP contribution is -2.26. The predicted molar refractivity (Wildman–Crippen MR) is 122 cm³/mol. The third-order valence-electron chi connectivity index (χ3n) is 5.54. The molecule has 7 nitrogen and oxygen atoms in total. The van der Waals surface area contributed by atoms with E-state index in [-0.39, 0.29) is 11.7 Å². The SMILES string of the molecule is CCCCc1cn(C(C)C)c(=O)n1Cc1ccc(-c2ccccc2)c(-c2nnn[nH]2)c1. The van der Waals surface area contributed by atoms with Crippen LogP contribution in [0.5, 0.6) is 0 Å². The van der Waals surface area contributed by atoms with Gasteiger partial charge in [0.15, 0.2) is 5.82 Å². The van der Waals surface area contributed by atoms with Crippen LogP contribution in [0.3, 0.4) is 0 Å². The molecule has 1 N–H and O–H groups in total. The van der Waals surface area contributed by atoms with Gasteiger partial charge in [-0.3, -0.25) is 9.13 Å². The van der Waals surface area contributed by atoms with Crippen molar-refractivity contribution in [2.24, 2.45) is 0 Å². The number of benzene rings is 2. The van der Waals surface area contributed by atoms with Crippen molar-refractivity contribution < 1.29 is 0 Å². The summed E-state index contributed by atoms with van der Waals surface area (Å²) in [6.45, 7) is 6.77. The third kappa shape index (κ3) is 4.35. The molecule has 0 spiro atoms. The van der Waals surface area contributed by atoms with Gasteiger partial charge in [0.2, 0.25) is 0 Å². The highest BCUT2D eigenvalue weighted by molar-refractivity contribution is 5.80. The van der Waals surface area contributed by atoms with Gasteiger partial charge in [-0.15, -0.1) is 5.10 Å². The Balaban J connectivity index is 1.77. The third-order valence-corrected chi connectivity index (χ3v) is 5.54. The molecule has 0 saturated heterocycles. The summed E-state index contributed by atoms with van der Waals surface area (Å²) in [6, 6.07) is 16.5. The number of nitrogens with one attached hydrogen (secondary N) is 1. The van der Waals surface area contributed by atoms with Crippen LogP contribution >= 0.6 is 0 Å². The number of aryl methyl sites for hydroxylation is 1. The van der Waals surface area contributed by atoms with E-state index < -0.39 is 0 Å². The monoisotopic (exact) mass is 416 g/mol. The fourth-order valence-electron chi connectivity index (χ4n) is 3.86. The number of unbranched alkanes of at least 4 members (excludes halogenated alkanes) is 1. The van der Waals surface area contributed by atoms with E-state index in [9.17, 15) is 4.79 Å². The van der Waals surface area contributed by atoms with Crippen LogP contribution < -0.4 is 5.69 Å². The number of tetrazole rings is 1. The van der Waals surface area contributed by atoms with Gasteiger partial charge in [-0.1, -0.05) is 55.8 Å². The van der Waals surface area contributed by atoms with Crippen LogP contribution in [-0.4, -0.2) is 29.8 Å². The lowest BCUT2D eigenvalue weighted by atomic mass is 9.97. The minimum atomic E-state index is 0.0381. The lowest BCUT2D eigenvalue weighted by molar-refractivity contribution is 0.560. The summed E-state index contributed by atoms with van der Waals surface area (Å²) in [7, 11) is 0. The van der Waals surface area contributed by atoms with Crippen molar-refractivity contribution in [3.05, 3.63) is 76.5 Å². The highest BCUT2D eigenvalue weighted by atomic mass is 16.1. The molecule has 0 saturated carbocycles. The van der Waals surface area contributed by atoms with E-state index >= 15 is 0 Å². The fourth-order valence-corrected chi connectivity index (χ4v) is 3.86. The zero-order chi connectivity index (χ0) is 21.8. The maximum atomic E-state index is 13.1. The molecule has 0 radical (unpaired) electrons. The summed E-state index contributed by atoms with van der Waals surface area (Å²) < 4.78 is 3.72. The van der Waals surface area contributed by atoms with Crippen LogP contribution in [-0.2, 0) is 13.0 Å². The van der Waals surface area contributed by atoms with E-state index in [0.717, 1.165) is 47.2 Å². The van der Waals surface area contributed by atoms with Gasteiger partial charge in [0.05, 0.1) is 6.54 Å². The van der Waals surface area contributed by atoms with Crippen molar-refractivity contribution in [2.75, 3.05) is 0 Å². The van der Waals surface area contributed by atoms with Crippen LogP contribution in [0.2, 0.25) is 0 Å². The van der Waals surface area contributed by atoms with E-state index in [4.69, 9.17) is 0 Å². The largest absolute Gasteiger partial charge is 0.328 e. The summed E-state index contributed by atoms with van der Waals surface area (Å²) in [5.74, 6) is 0.610. The van der Waals surface area contributed by atoms with E-state index in [1.807, 2.05) is 47.4 Å². The van der Waals surface area contributed by atoms with Crippen molar-refractivity contribution in [3.63, 3.8) is 0 Å². The van der Waals surface area contributed by atoms with Gasteiger partial charge in [-0.25, -0.2) is 9.89 Å². The van der Waals surface area contributed by atoms with Gasteiger partial charge >= 0.3 is 5.69 Å². The van der Waals surface area contributed by atoms with E-state index in [0.29, 0.717) is 12.4 Å². The number of hydrogen-bond acceptors (Lipinski definition) is 4. The molecule has 0 atom stereocenters.